The van der Waals surface area contributed by atoms with Gasteiger partial charge in [0.05, 0.1) is 5.56 Å². The Morgan fingerprint density at radius 3 is 2.65 bits per heavy atom. The Morgan fingerprint density at radius 2 is 1.95 bits per heavy atom. The van der Waals surface area contributed by atoms with Crippen LogP contribution in [0.2, 0.25) is 0 Å². The lowest BCUT2D eigenvalue weighted by Gasteiger charge is -2.06. The third kappa shape index (κ3) is 3.88. The third-order valence-electron chi connectivity index (χ3n) is 2.64. The van der Waals surface area contributed by atoms with E-state index in [1.165, 1.54) is 18.7 Å². The summed E-state index contributed by atoms with van der Waals surface area (Å²) >= 11 is 0. The maximum Gasteiger partial charge on any atom is 0.303 e. The van der Waals surface area contributed by atoms with E-state index < -0.39 is 5.97 Å². The molecule has 2 rings (SSSR count). The van der Waals surface area contributed by atoms with Gasteiger partial charge in [0.1, 0.15) is 6.33 Å². The normalized spacial score (nSPS) is 10.0. The minimum Gasteiger partial charge on any atom is -0.481 e. The van der Waals surface area contributed by atoms with E-state index >= 15 is 0 Å². The van der Waals surface area contributed by atoms with Gasteiger partial charge in [0.2, 0.25) is 0 Å². The summed E-state index contributed by atoms with van der Waals surface area (Å²) in [6.07, 6.45) is 4.69. The number of hydrogen-bond acceptors (Lipinski definition) is 4. The van der Waals surface area contributed by atoms with E-state index in [9.17, 15) is 9.59 Å². The van der Waals surface area contributed by atoms with Crippen molar-refractivity contribution in [1.29, 1.82) is 0 Å². The van der Waals surface area contributed by atoms with Crippen LogP contribution in [-0.2, 0) is 11.2 Å². The number of nitrogens with zero attached hydrogens (tertiary/aromatic N) is 2. The molecule has 1 heterocycles. The van der Waals surface area contributed by atoms with E-state index in [0.717, 1.165) is 5.56 Å². The number of aryl methyl sites for hydroxylation is 1. The highest BCUT2D eigenvalue weighted by atomic mass is 16.4. The van der Waals surface area contributed by atoms with E-state index in [1.807, 2.05) is 6.07 Å². The summed E-state index contributed by atoms with van der Waals surface area (Å²) in [7, 11) is 0. The van der Waals surface area contributed by atoms with Crippen LogP contribution < -0.4 is 5.32 Å². The molecule has 0 fully saturated rings. The first-order valence-corrected chi connectivity index (χ1v) is 6.02. The number of nitrogens with one attached hydrogen (secondary N) is 1. The highest BCUT2D eigenvalue weighted by molar-refractivity contribution is 6.03. The van der Waals surface area contributed by atoms with Crippen molar-refractivity contribution in [2.45, 2.75) is 12.8 Å². The standard InChI is InChI=1S/C14H13N3O3/c18-13(19)5-4-10-2-1-3-12(6-10)17-14(20)11-7-15-9-16-8-11/h1-3,6-9H,4-5H2,(H,17,20)(H,18,19). The van der Waals surface area contributed by atoms with Gasteiger partial charge in [0, 0.05) is 24.5 Å². The number of aromatic nitrogens is 2. The number of carbonyl (C=O) groups excluding carboxylic acids is 1. The van der Waals surface area contributed by atoms with Crippen molar-refractivity contribution in [3.8, 4) is 0 Å². The molecule has 0 aliphatic carbocycles. The van der Waals surface area contributed by atoms with Gasteiger partial charge in [0.15, 0.2) is 0 Å². The molecule has 6 heteroatoms. The molecule has 0 spiro atoms. The quantitative estimate of drug-likeness (QED) is 0.864. The summed E-state index contributed by atoms with van der Waals surface area (Å²) in [5.74, 6) is -1.15. The lowest BCUT2D eigenvalue weighted by atomic mass is 10.1. The molecule has 0 aliphatic heterocycles. The Morgan fingerprint density at radius 1 is 1.20 bits per heavy atom. The molecular weight excluding hydrogens is 258 g/mol. The molecule has 0 unspecified atom stereocenters. The van der Waals surface area contributed by atoms with Crippen LogP contribution >= 0.6 is 0 Å². The zero-order valence-electron chi connectivity index (χ0n) is 10.6. The highest BCUT2D eigenvalue weighted by Gasteiger charge is 2.07. The second kappa shape index (κ2) is 6.42. The predicted molar refractivity (Wildman–Crippen MR) is 72.4 cm³/mol. The SMILES string of the molecule is O=C(O)CCc1cccc(NC(=O)c2cncnc2)c1. The summed E-state index contributed by atoms with van der Waals surface area (Å²) in [5.41, 5.74) is 1.83. The number of amides is 1. The lowest BCUT2D eigenvalue weighted by molar-refractivity contribution is -0.136. The fraction of sp³-hybridized carbons (Fsp3) is 0.143. The number of hydrogen-bond donors (Lipinski definition) is 2. The first kappa shape index (κ1) is 13.7. The van der Waals surface area contributed by atoms with Crippen molar-refractivity contribution in [1.82, 2.24) is 9.97 Å². The van der Waals surface area contributed by atoms with Crippen LogP contribution in [0, 0.1) is 0 Å². The van der Waals surface area contributed by atoms with Gasteiger partial charge in [-0.05, 0) is 24.1 Å². The van der Waals surface area contributed by atoms with Crippen LogP contribution in [0.1, 0.15) is 22.3 Å². The smallest absolute Gasteiger partial charge is 0.303 e. The van der Waals surface area contributed by atoms with Crippen molar-refractivity contribution in [2.24, 2.45) is 0 Å². The number of carboxylic acids is 1. The molecular formula is C14H13N3O3. The first-order valence-electron chi connectivity index (χ1n) is 6.02. The predicted octanol–water partition coefficient (Wildman–Crippen LogP) is 1.75. The van der Waals surface area contributed by atoms with Gasteiger partial charge in [-0.15, -0.1) is 0 Å². The molecule has 102 valence electrons. The fourth-order valence-corrected chi connectivity index (χ4v) is 1.68. The second-order valence-corrected chi connectivity index (χ2v) is 4.18. The van der Waals surface area contributed by atoms with Crippen molar-refractivity contribution in [3.63, 3.8) is 0 Å². The maximum absolute atomic E-state index is 11.9. The van der Waals surface area contributed by atoms with Crippen LogP contribution in [0.4, 0.5) is 5.69 Å². The second-order valence-electron chi connectivity index (χ2n) is 4.18. The highest BCUT2D eigenvalue weighted by Crippen LogP contribution is 2.13. The van der Waals surface area contributed by atoms with E-state index in [4.69, 9.17) is 5.11 Å². The summed E-state index contributed by atoms with van der Waals surface area (Å²) < 4.78 is 0. The molecule has 1 aromatic heterocycles. The molecule has 2 N–H and O–H groups in total. The number of carbonyl (C=O) groups is 2. The van der Waals surface area contributed by atoms with Gasteiger partial charge in [-0.2, -0.15) is 0 Å². The molecule has 0 aliphatic rings. The van der Waals surface area contributed by atoms with Crippen LogP contribution in [0.25, 0.3) is 0 Å². The van der Waals surface area contributed by atoms with Gasteiger partial charge in [0.25, 0.3) is 5.91 Å². The molecule has 0 radical (unpaired) electrons. The third-order valence-corrected chi connectivity index (χ3v) is 2.64. The van der Waals surface area contributed by atoms with Crippen molar-refractivity contribution >= 4 is 17.6 Å². The molecule has 0 bridgehead atoms. The van der Waals surface area contributed by atoms with E-state index in [2.05, 4.69) is 15.3 Å². The summed E-state index contributed by atoms with van der Waals surface area (Å²) in [5, 5.41) is 11.4. The van der Waals surface area contributed by atoms with Crippen molar-refractivity contribution in [3.05, 3.63) is 54.1 Å². The number of rotatable bonds is 5. The largest absolute Gasteiger partial charge is 0.481 e. The Bertz CT molecular complexity index is 614. The number of aliphatic carboxylic acids is 1. The Labute approximate surface area is 115 Å². The minimum absolute atomic E-state index is 0.0594. The van der Waals surface area contributed by atoms with Crippen LogP contribution in [-0.4, -0.2) is 27.0 Å². The molecule has 0 saturated carbocycles. The average molecular weight is 271 g/mol. The summed E-state index contributed by atoms with van der Waals surface area (Å²) in [6.45, 7) is 0. The van der Waals surface area contributed by atoms with Gasteiger partial charge in [-0.1, -0.05) is 12.1 Å². The number of anilines is 1. The van der Waals surface area contributed by atoms with E-state index in [-0.39, 0.29) is 12.3 Å². The van der Waals surface area contributed by atoms with Gasteiger partial charge in [-0.25, -0.2) is 9.97 Å². The maximum atomic E-state index is 11.9. The Kier molecular flexibility index (Phi) is 4.39. The Hall–Kier alpha value is -2.76. The molecule has 0 saturated heterocycles. The molecule has 1 amide bonds. The van der Waals surface area contributed by atoms with E-state index in [0.29, 0.717) is 17.7 Å². The molecule has 1 aromatic carbocycles. The van der Waals surface area contributed by atoms with Crippen molar-refractivity contribution < 1.29 is 14.7 Å². The minimum atomic E-state index is -0.846. The topological polar surface area (TPSA) is 92.2 Å². The average Bonchev–Trinajstić information content (AvgIpc) is 2.46. The molecule has 2 aromatic rings. The first-order chi connectivity index (χ1) is 9.65. The number of carboxylic acid groups (broad SMARTS) is 1. The zero-order chi connectivity index (χ0) is 14.4. The number of benzene rings is 1. The van der Waals surface area contributed by atoms with Crippen LogP contribution in [0.5, 0.6) is 0 Å². The molecule has 0 atom stereocenters. The van der Waals surface area contributed by atoms with Gasteiger partial charge < -0.3 is 10.4 Å². The lowest BCUT2D eigenvalue weighted by Crippen LogP contribution is -2.12. The summed E-state index contributed by atoms with van der Waals surface area (Å²) in [6, 6.07) is 7.09. The van der Waals surface area contributed by atoms with Gasteiger partial charge >= 0.3 is 5.97 Å². The van der Waals surface area contributed by atoms with Crippen molar-refractivity contribution in [2.75, 3.05) is 5.32 Å². The Balaban J connectivity index is 2.04. The summed E-state index contributed by atoms with van der Waals surface area (Å²) in [4.78, 5) is 30.0. The van der Waals surface area contributed by atoms with Gasteiger partial charge in [-0.3, -0.25) is 9.59 Å². The monoisotopic (exact) mass is 271 g/mol. The van der Waals surface area contributed by atoms with E-state index in [1.54, 1.807) is 18.2 Å². The molecule has 6 nitrogen and oxygen atoms in total. The zero-order valence-corrected chi connectivity index (χ0v) is 10.6. The fourth-order valence-electron chi connectivity index (χ4n) is 1.68. The molecule has 20 heavy (non-hydrogen) atoms. The van der Waals surface area contributed by atoms with Crippen LogP contribution in [0.3, 0.4) is 0 Å². The van der Waals surface area contributed by atoms with Crippen LogP contribution in [0.15, 0.2) is 43.0 Å².